The van der Waals surface area contributed by atoms with E-state index in [1.807, 2.05) is 18.2 Å². The smallest absolute Gasteiger partial charge is 0.275 e. The first-order valence-corrected chi connectivity index (χ1v) is 9.98. The molecule has 160 valence electrons. The van der Waals surface area contributed by atoms with E-state index >= 15 is 0 Å². The Morgan fingerprint density at radius 2 is 1.77 bits per heavy atom. The topological polar surface area (TPSA) is 69.2 Å². The van der Waals surface area contributed by atoms with Crippen LogP contribution < -0.4 is 19.6 Å². The molecule has 3 aromatic rings. The van der Waals surface area contributed by atoms with E-state index in [1.165, 1.54) is 20.4 Å². The fourth-order valence-corrected chi connectivity index (χ4v) is 3.14. The van der Waals surface area contributed by atoms with Crippen molar-refractivity contribution in [1.82, 2.24) is 5.43 Å². The van der Waals surface area contributed by atoms with Gasteiger partial charge >= 0.3 is 0 Å². The summed E-state index contributed by atoms with van der Waals surface area (Å²) in [6, 6.07) is 17.4. The van der Waals surface area contributed by atoms with Crippen LogP contribution in [0.25, 0.3) is 0 Å². The highest BCUT2D eigenvalue weighted by atomic mass is 35.5. The zero-order valence-electron chi connectivity index (χ0n) is 16.9. The molecule has 1 N–H and O–H groups in total. The van der Waals surface area contributed by atoms with Crippen LogP contribution in [0, 0.1) is 0 Å². The maximum Gasteiger partial charge on any atom is 0.275 e. The molecule has 3 rings (SSSR count). The molecule has 8 heteroatoms. The van der Waals surface area contributed by atoms with Crippen LogP contribution in [0.4, 0.5) is 0 Å². The lowest BCUT2D eigenvalue weighted by Crippen LogP contribution is -2.18. The van der Waals surface area contributed by atoms with E-state index in [0.29, 0.717) is 45.0 Å². The van der Waals surface area contributed by atoms with Crippen molar-refractivity contribution in [3.8, 4) is 17.2 Å². The second-order valence-electron chi connectivity index (χ2n) is 6.37. The Kier molecular flexibility index (Phi) is 7.76. The lowest BCUT2D eigenvalue weighted by atomic mass is 10.2. The number of hydrogen-bond acceptors (Lipinski definition) is 5. The van der Waals surface area contributed by atoms with Crippen molar-refractivity contribution in [2.45, 2.75) is 6.61 Å². The predicted molar refractivity (Wildman–Crippen MR) is 122 cm³/mol. The number of nitrogens with one attached hydrogen (secondary N) is 1. The first-order valence-electron chi connectivity index (χ1n) is 9.22. The van der Waals surface area contributed by atoms with Gasteiger partial charge in [0.2, 0.25) is 0 Å². The summed E-state index contributed by atoms with van der Waals surface area (Å²) in [5.74, 6) is 1.08. The molecular formula is C23H20Cl2N2O4. The average molecular weight is 459 g/mol. The van der Waals surface area contributed by atoms with Crippen LogP contribution in [0.5, 0.6) is 17.2 Å². The standard InChI is InChI=1S/C23H20Cl2N2O4/c1-29-19-7-8-20(22(12-19)30-2)23(28)27-26-13-16-11-18(25)6-9-21(16)31-14-15-4-3-5-17(24)10-15/h3-13H,14H2,1-2H3,(H,27,28)/b26-13-. The van der Waals surface area contributed by atoms with Gasteiger partial charge in [-0.3, -0.25) is 4.79 Å². The third-order valence-corrected chi connectivity index (χ3v) is 4.75. The largest absolute Gasteiger partial charge is 0.497 e. The van der Waals surface area contributed by atoms with Crippen molar-refractivity contribution in [3.05, 3.63) is 87.4 Å². The van der Waals surface area contributed by atoms with E-state index in [0.717, 1.165) is 5.56 Å². The molecule has 0 saturated heterocycles. The van der Waals surface area contributed by atoms with Crippen molar-refractivity contribution >= 4 is 35.3 Å². The van der Waals surface area contributed by atoms with Crippen LogP contribution in [-0.2, 0) is 6.61 Å². The molecule has 0 aliphatic rings. The third-order valence-electron chi connectivity index (χ3n) is 4.28. The number of nitrogens with zero attached hydrogens (tertiary/aromatic N) is 1. The van der Waals surface area contributed by atoms with Crippen LogP contribution in [0.3, 0.4) is 0 Å². The maximum absolute atomic E-state index is 12.5. The van der Waals surface area contributed by atoms with E-state index in [-0.39, 0.29) is 0 Å². The number of hydrazone groups is 1. The zero-order valence-corrected chi connectivity index (χ0v) is 18.4. The number of benzene rings is 3. The summed E-state index contributed by atoms with van der Waals surface area (Å²) in [5.41, 5.74) is 4.33. The SMILES string of the molecule is COc1ccc(C(=O)N/N=C\c2cc(Cl)ccc2OCc2cccc(Cl)c2)c(OC)c1. The quantitative estimate of drug-likeness (QED) is 0.364. The Morgan fingerprint density at radius 1 is 0.968 bits per heavy atom. The lowest BCUT2D eigenvalue weighted by molar-refractivity contribution is 0.0952. The number of carbonyl (C=O) groups is 1. The Bertz CT molecular complexity index is 1100. The van der Waals surface area contributed by atoms with Crippen molar-refractivity contribution < 1.29 is 19.0 Å². The number of amides is 1. The van der Waals surface area contributed by atoms with Crippen molar-refractivity contribution in [1.29, 1.82) is 0 Å². The Labute approximate surface area is 190 Å². The fraction of sp³-hybridized carbons (Fsp3) is 0.130. The number of halogens is 2. The first-order chi connectivity index (χ1) is 15.0. The zero-order chi connectivity index (χ0) is 22.2. The minimum Gasteiger partial charge on any atom is -0.497 e. The molecule has 0 fully saturated rings. The fourth-order valence-electron chi connectivity index (χ4n) is 2.75. The highest BCUT2D eigenvalue weighted by molar-refractivity contribution is 6.31. The van der Waals surface area contributed by atoms with E-state index in [4.69, 9.17) is 37.4 Å². The normalized spacial score (nSPS) is 10.7. The molecule has 0 aromatic heterocycles. The second-order valence-corrected chi connectivity index (χ2v) is 7.24. The molecule has 0 radical (unpaired) electrons. The van der Waals surface area contributed by atoms with Gasteiger partial charge in [-0.1, -0.05) is 35.3 Å². The maximum atomic E-state index is 12.5. The van der Waals surface area contributed by atoms with Gasteiger partial charge in [-0.2, -0.15) is 5.10 Å². The predicted octanol–water partition coefficient (Wildman–Crippen LogP) is 5.35. The van der Waals surface area contributed by atoms with Crippen molar-refractivity contribution in [3.63, 3.8) is 0 Å². The van der Waals surface area contributed by atoms with Gasteiger partial charge in [0.05, 0.1) is 26.0 Å². The van der Waals surface area contributed by atoms with Gasteiger partial charge in [0, 0.05) is 21.7 Å². The molecule has 0 saturated carbocycles. The van der Waals surface area contributed by atoms with E-state index < -0.39 is 5.91 Å². The van der Waals surface area contributed by atoms with Gasteiger partial charge in [0.15, 0.2) is 0 Å². The minimum absolute atomic E-state index is 0.318. The molecule has 31 heavy (non-hydrogen) atoms. The lowest BCUT2D eigenvalue weighted by Gasteiger charge is -2.10. The second kappa shape index (κ2) is 10.7. The molecule has 0 aliphatic heterocycles. The average Bonchev–Trinajstić information content (AvgIpc) is 2.78. The van der Waals surface area contributed by atoms with Crippen LogP contribution in [0.1, 0.15) is 21.5 Å². The molecule has 0 atom stereocenters. The number of carbonyl (C=O) groups excluding carboxylic acids is 1. The monoisotopic (exact) mass is 458 g/mol. The number of ether oxygens (including phenoxy) is 3. The van der Waals surface area contributed by atoms with Crippen LogP contribution in [0.2, 0.25) is 10.0 Å². The van der Waals surface area contributed by atoms with E-state index in [1.54, 1.807) is 42.5 Å². The summed E-state index contributed by atoms with van der Waals surface area (Å²) in [4.78, 5) is 12.5. The molecule has 0 spiro atoms. The van der Waals surface area contributed by atoms with Gasteiger partial charge in [0.1, 0.15) is 23.9 Å². The summed E-state index contributed by atoms with van der Waals surface area (Å²) in [6.07, 6.45) is 1.47. The summed E-state index contributed by atoms with van der Waals surface area (Å²) >= 11 is 12.1. The molecule has 0 unspecified atom stereocenters. The summed E-state index contributed by atoms with van der Waals surface area (Å²) < 4.78 is 16.3. The van der Waals surface area contributed by atoms with Gasteiger partial charge in [-0.05, 0) is 48.0 Å². The first kappa shape index (κ1) is 22.5. The molecule has 0 heterocycles. The Balaban J connectivity index is 1.71. The highest BCUT2D eigenvalue weighted by Crippen LogP contribution is 2.25. The third kappa shape index (κ3) is 6.13. The molecule has 3 aromatic carbocycles. The van der Waals surface area contributed by atoms with Crippen molar-refractivity contribution in [2.75, 3.05) is 14.2 Å². The van der Waals surface area contributed by atoms with Crippen LogP contribution >= 0.6 is 23.2 Å². The highest BCUT2D eigenvalue weighted by Gasteiger charge is 2.13. The van der Waals surface area contributed by atoms with Gasteiger partial charge in [-0.15, -0.1) is 0 Å². The van der Waals surface area contributed by atoms with Gasteiger partial charge in [0.25, 0.3) is 5.91 Å². The number of rotatable bonds is 8. The molecule has 0 bridgehead atoms. The summed E-state index contributed by atoms with van der Waals surface area (Å²) in [7, 11) is 3.01. The molecule has 0 aliphatic carbocycles. The Morgan fingerprint density at radius 3 is 2.52 bits per heavy atom. The number of hydrogen-bond donors (Lipinski definition) is 1. The summed E-state index contributed by atoms with van der Waals surface area (Å²) in [5, 5.41) is 5.18. The van der Waals surface area contributed by atoms with Crippen LogP contribution in [-0.4, -0.2) is 26.3 Å². The Hall–Kier alpha value is -3.22. The van der Waals surface area contributed by atoms with E-state index in [2.05, 4.69) is 10.5 Å². The van der Waals surface area contributed by atoms with Gasteiger partial charge in [-0.25, -0.2) is 5.43 Å². The molecule has 1 amide bonds. The van der Waals surface area contributed by atoms with E-state index in [9.17, 15) is 4.79 Å². The summed E-state index contributed by atoms with van der Waals surface area (Å²) in [6.45, 7) is 0.318. The minimum atomic E-state index is -0.431. The van der Waals surface area contributed by atoms with Gasteiger partial charge < -0.3 is 14.2 Å². The van der Waals surface area contributed by atoms with Crippen molar-refractivity contribution in [2.24, 2.45) is 5.10 Å². The van der Waals surface area contributed by atoms with Crippen LogP contribution in [0.15, 0.2) is 65.8 Å². The number of methoxy groups -OCH3 is 2. The molecular weight excluding hydrogens is 439 g/mol. The molecule has 6 nitrogen and oxygen atoms in total.